The second-order valence-corrected chi connectivity index (χ2v) is 10.4. The molecule has 0 aromatic heterocycles. The van der Waals surface area contributed by atoms with E-state index in [9.17, 15) is 14.7 Å². The van der Waals surface area contributed by atoms with Gasteiger partial charge in [0.25, 0.3) is 0 Å². The van der Waals surface area contributed by atoms with Gasteiger partial charge in [-0.1, -0.05) is 32.0 Å². The lowest BCUT2D eigenvalue weighted by Crippen LogP contribution is -2.46. The minimum Gasteiger partial charge on any atom is -0.492 e. The van der Waals surface area contributed by atoms with Crippen molar-refractivity contribution in [1.82, 2.24) is 4.90 Å². The minimum absolute atomic E-state index is 0.0554. The van der Waals surface area contributed by atoms with E-state index < -0.39 is 11.5 Å². The van der Waals surface area contributed by atoms with Crippen molar-refractivity contribution in [2.45, 2.75) is 37.5 Å². The maximum Gasteiger partial charge on any atom is 0.407 e. The average Bonchev–Trinajstić information content (AvgIpc) is 3.41. The molecular formula is C26H28N2O5. The number of amides is 2. The minimum atomic E-state index is -0.867. The number of hydrogen-bond acceptors (Lipinski definition) is 4. The zero-order chi connectivity index (χ0) is 23.0. The largest absolute Gasteiger partial charge is 0.492 e. The first kappa shape index (κ1) is 20.4. The molecule has 2 amide bonds. The van der Waals surface area contributed by atoms with Crippen LogP contribution in [-0.4, -0.2) is 54.9 Å². The molecule has 4 heterocycles. The number of anilines is 1. The summed E-state index contributed by atoms with van der Waals surface area (Å²) in [7, 11) is 0. The maximum atomic E-state index is 14.2. The van der Waals surface area contributed by atoms with Crippen molar-refractivity contribution < 1.29 is 24.2 Å². The van der Waals surface area contributed by atoms with Gasteiger partial charge < -0.3 is 24.4 Å². The highest BCUT2D eigenvalue weighted by Gasteiger charge is 2.57. The lowest BCUT2D eigenvalue weighted by Gasteiger charge is -2.33. The molecule has 7 nitrogen and oxygen atoms in total. The van der Waals surface area contributed by atoms with Gasteiger partial charge in [0.1, 0.15) is 23.5 Å². The Labute approximate surface area is 192 Å². The van der Waals surface area contributed by atoms with Crippen molar-refractivity contribution in [2.24, 2.45) is 5.92 Å². The number of rotatable bonds is 2. The van der Waals surface area contributed by atoms with Gasteiger partial charge >= 0.3 is 6.09 Å². The molecule has 2 aromatic rings. The number of hydrogen-bond donors (Lipinski definition) is 1. The van der Waals surface area contributed by atoms with E-state index in [1.54, 1.807) is 0 Å². The van der Waals surface area contributed by atoms with E-state index in [1.165, 1.54) is 4.90 Å². The SMILES string of the molecule is CC1(C)COc2cc3c(cc21)C1(CO3)C(=O)N(CC2CCN(C(=O)O)CC2)c2ccccc21. The lowest BCUT2D eigenvalue weighted by molar-refractivity contribution is -0.122. The molecule has 1 spiro atoms. The number of nitrogens with zero attached hydrogens (tertiary/aromatic N) is 2. The molecule has 1 atom stereocenters. The second-order valence-electron chi connectivity index (χ2n) is 10.4. The number of carboxylic acid groups (broad SMARTS) is 1. The van der Waals surface area contributed by atoms with Gasteiger partial charge in [-0.2, -0.15) is 0 Å². The van der Waals surface area contributed by atoms with Gasteiger partial charge in [-0.15, -0.1) is 0 Å². The van der Waals surface area contributed by atoms with Crippen molar-refractivity contribution >= 4 is 17.7 Å². The molecule has 6 rings (SSSR count). The van der Waals surface area contributed by atoms with Gasteiger partial charge in [-0.25, -0.2) is 4.79 Å². The van der Waals surface area contributed by atoms with Crippen LogP contribution in [0.4, 0.5) is 10.5 Å². The number of fused-ring (bicyclic) bond motifs is 5. The number of piperidine rings is 1. The summed E-state index contributed by atoms with van der Waals surface area (Å²) < 4.78 is 12.0. The molecule has 0 radical (unpaired) electrons. The monoisotopic (exact) mass is 448 g/mol. The third-order valence-corrected chi connectivity index (χ3v) is 7.89. The van der Waals surface area contributed by atoms with Crippen molar-refractivity contribution in [3.05, 3.63) is 53.1 Å². The predicted octanol–water partition coefficient (Wildman–Crippen LogP) is 3.77. The first-order chi connectivity index (χ1) is 15.8. The fraction of sp³-hybridized carbons (Fsp3) is 0.462. The third-order valence-electron chi connectivity index (χ3n) is 7.89. The number of carbonyl (C=O) groups excluding carboxylic acids is 1. The van der Waals surface area contributed by atoms with Crippen LogP contribution in [0.25, 0.3) is 0 Å². The molecule has 0 bridgehead atoms. The molecule has 4 aliphatic heterocycles. The number of ether oxygens (including phenoxy) is 2. The summed E-state index contributed by atoms with van der Waals surface area (Å²) in [6.07, 6.45) is 0.656. The Morgan fingerprint density at radius 1 is 1.03 bits per heavy atom. The Morgan fingerprint density at radius 3 is 2.48 bits per heavy atom. The maximum absolute atomic E-state index is 14.2. The van der Waals surface area contributed by atoms with Crippen LogP contribution in [0.15, 0.2) is 36.4 Å². The smallest absolute Gasteiger partial charge is 0.407 e. The van der Waals surface area contributed by atoms with Gasteiger partial charge in [0, 0.05) is 47.9 Å². The summed E-state index contributed by atoms with van der Waals surface area (Å²) in [5.41, 5.74) is 3.02. The van der Waals surface area contributed by atoms with Crippen LogP contribution in [0.2, 0.25) is 0 Å². The predicted molar refractivity (Wildman–Crippen MR) is 122 cm³/mol. The molecule has 1 N–H and O–H groups in total. The topological polar surface area (TPSA) is 79.3 Å². The van der Waals surface area contributed by atoms with Crippen LogP contribution in [0.5, 0.6) is 11.5 Å². The van der Waals surface area contributed by atoms with Gasteiger partial charge in [0.05, 0.1) is 6.61 Å². The summed E-state index contributed by atoms with van der Waals surface area (Å²) >= 11 is 0. The van der Waals surface area contributed by atoms with Crippen molar-refractivity contribution in [1.29, 1.82) is 0 Å². The second kappa shape index (κ2) is 6.89. The summed E-state index contributed by atoms with van der Waals surface area (Å²) in [5, 5.41) is 9.26. The molecular weight excluding hydrogens is 420 g/mol. The van der Waals surface area contributed by atoms with E-state index in [2.05, 4.69) is 19.9 Å². The van der Waals surface area contributed by atoms with E-state index in [4.69, 9.17) is 9.47 Å². The molecule has 33 heavy (non-hydrogen) atoms. The van der Waals surface area contributed by atoms with Crippen LogP contribution in [0, 0.1) is 5.92 Å². The number of para-hydroxylation sites is 1. The van der Waals surface area contributed by atoms with E-state index in [0.717, 1.165) is 46.7 Å². The molecule has 0 saturated carbocycles. The van der Waals surface area contributed by atoms with Crippen LogP contribution in [0.1, 0.15) is 43.4 Å². The summed E-state index contributed by atoms with van der Waals surface area (Å²) in [6.45, 7) is 6.85. The molecule has 1 saturated heterocycles. The number of benzene rings is 2. The Morgan fingerprint density at radius 2 is 1.73 bits per heavy atom. The highest BCUT2D eigenvalue weighted by atomic mass is 16.5. The van der Waals surface area contributed by atoms with E-state index in [0.29, 0.717) is 26.2 Å². The van der Waals surface area contributed by atoms with E-state index in [1.807, 2.05) is 35.2 Å². The lowest BCUT2D eigenvalue weighted by atomic mass is 9.75. The highest BCUT2D eigenvalue weighted by molar-refractivity contribution is 6.11. The fourth-order valence-electron chi connectivity index (χ4n) is 5.93. The van der Waals surface area contributed by atoms with Gasteiger partial charge in [0.2, 0.25) is 5.91 Å². The van der Waals surface area contributed by atoms with Crippen LogP contribution in [-0.2, 0) is 15.6 Å². The van der Waals surface area contributed by atoms with Gasteiger partial charge in [0.15, 0.2) is 0 Å². The van der Waals surface area contributed by atoms with Crippen molar-refractivity contribution in [2.75, 3.05) is 37.7 Å². The third kappa shape index (κ3) is 2.81. The first-order valence-electron chi connectivity index (χ1n) is 11.7. The van der Waals surface area contributed by atoms with Crippen LogP contribution in [0.3, 0.4) is 0 Å². The molecule has 4 aliphatic rings. The Bertz CT molecular complexity index is 1170. The van der Waals surface area contributed by atoms with Crippen LogP contribution < -0.4 is 14.4 Å². The quantitative estimate of drug-likeness (QED) is 0.757. The molecule has 1 unspecified atom stereocenters. The van der Waals surface area contributed by atoms with Crippen molar-refractivity contribution in [3.8, 4) is 11.5 Å². The van der Waals surface area contributed by atoms with Gasteiger partial charge in [-0.3, -0.25) is 4.79 Å². The molecule has 2 aromatic carbocycles. The molecule has 0 aliphatic carbocycles. The zero-order valence-corrected chi connectivity index (χ0v) is 19.0. The first-order valence-corrected chi connectivity index (χ1v) is 11.7. The van der Waals surface area contributed by atoms with Crippen LogP contribution >= 0.6 is 0 Å². The van der Waals surface area contributed by atoms with E-state index >= 15 is 0 Å². The number of carbonyl (C=O) groups is 2. The Balaban J connectivity index is 1.38. The Hall–Kier alpha value is -3.22. The fourth-order valence-corrected chi connectivity index (χ4v) is 5.93. The Kier molecular flexibility index (Phi) is 4.26. The molecule has 172 valence electrons. The van der Waals surface area contributed by atoms with Crippen molar-refractivity contribution in [3.63, 3.8) is 0 Å². The highest BCUT2D eigenvalue weighted by Crippen LogP contribution is 2.55. The standard InChI is InChI=1S/C26H28N2O5/c1-25(2)14-32-21-12-22-19(11-18(21)25)26(15-33-22)17-5-3-4-6-20(17)28(23(26)29)13-16-7-9-27(10-8-16)24(30)31/h3-6,11-12,16H,7-10,13-15H2,1-2H3,(H,30,31). The average molecular weight is 449 g/mol. The molecule has 7 heteroatoms. The summed E-state index contributed by atoms with van der Waals surface area (Å²) in [4.78, 5) is 28.8. The molecule has 1 fully saturated rings. The van der Waals surface area contributed by atoms with Gasteiger partial charge in [-0.05, 0) is 36.5 Å². The normalized spacial score (nSPS) is 25.0. The summed E-state index contributed by atoms with van der Waals surface area (Å²) in [6, 6.07) is 12.1. The zero-order valence-electron chi connectivity index (χ0n) is 19.0. The van der Waals surface area contributed by atoms with E-state index in [-0.39, 0.29) is 23.8 Å². The number of likely N-dealkylation sites (tertiary alicyclic amines) is 1. The summed E-state index contributed by atoms with van der Waals surface area (Å²) in [5.74, 6) is 1.89.